The van der Waals surface area contributed by atoms with Crippen LogP contribution in [0.15, 0.2) is 24.3 Å². The van der Waals surface area contributed by atoms with Gasteiger partial charge in [0, 0.05) is 17.8 Å². The number of esters is 1. The lowest BCUT2D eigenvalue weighted by Crippen LogP contribution is -2.24. The summed E-state index contributed by atoms with van der Waals surface area (Å²) >= 11 is 0. The zero-order valence-electron chi connectivity index (χ0n) is 17.9. The first-order valence-corrected chi connectivity index (χ1v) is 10.5. The Morgan fingerprint density at radius 1 is 0.677 bits per heavy atom. The number of hydrogen-bond acceptors (Lipinski definition) is 6. The SMILES string of the molecule is C=C(C(=O)O)[C@H](CCCCCCOC(=O)[C@@H](CCCCCCO)C(=C)C(=O)O)C(=O)O. The van der Waals surface area contributed by atoms with Crippen LogP contribution < -0.4 is 0 Å². The van der Waals surface area contributed by atoms with Gasteiger partial charge in [0.25, 0.3) is 0 Å². The minimum Gasteiger partial charge on any atom is -0.481 e. The van der Waals surface area contributed by atoms with E-state index in [2.05, 4.69) is 13.2 Å². The first kappa shape index (κ1) is 28.3. The molecule has 0 rings (SSSR count). The second kappa shape index (κ2) is 16.1. The predicted molar refractivity (Wildman–Crippen MR) is 112 cm³/mol. The molecule has 2 atom stereocenters. The molecule has 0 aliphatic rings. The van der Waals surface area contributed by atoms with Crippen LogP contribution in [0.4, 0.5) is 0 Å². The van der Waals surface area contributed by atoms with Gasteiger partial charge in [-0.05, 0) is 25.7 Å². The minimum absolute atomic E-state index is 0.0958. The lowest BCUT2D eigenvalue weighted by Gasteiger charge is -2.16. The van der Waals surface area contributed by atoms with Crippen LogP contribution in [0.1, 0.15) is 64.2 Å². The van der Waals surface area contributed by atoms with Gasteiger partial charge in [-0.2, -0.15) is 0 Å². The number of hydrogen-bond donors (Lipinski definition) is 4. The molecule has 0 bridgehead atoms. The second-order valence-electron chi connectivity index (χ2n) is 7.40. The van der Waals surface area contributed by atoms with Crippen LogP contribution in [0, 0.1) is 11.8 Å². The molecule has 0 fully saturated rings. The molecule has 0 aliphatic heterocycles. The highest BCUT2D eigenvalue weighted by Gasteiger charge is 2.27. The molecule has 0 aromatic carbocycles. The number of unbranched alkanes of at least 4 members (excludes halogenated alkanes) is 6. The lowest BCUT2D eigenvalue weighted by atomic mass is 9.93. The van der Waals surface area contributed by atoms with E-state index in [-0.39, 0.29) is 30.8 Å². The standard InChI is InChI=1S/C22H34O9/c1-15(19(24)25)17(21(28)29)11-7-4-6-10-14-31-22(30)18(16(2)20(26)27)12-8-3-5-9-13-23/h17-18,23H,1-14H2,(H,24,25)(H,26,27)(H,28,29)/t17-,18-/m0/s1. The van der Waals surface area contributed by atoms with Gasteiger partial charge in [-0.1, -0.05) is 51.7 Å². The molecule has 0 aromatic heterocycles. The van der Waals surface area contributed by atoms with Crippen LogP contribution in [0.5, 0.6) is 0 Å². The number of rotatable bonds is 19. The Labute approximate surface area is 182 Å². The van der Waals surface area contributed by atoms with Crippen molar-refractivity contribution in [1.29, 1.82) is 0 Å². The summed E-state index contributed by atoms with van der Waals surface area (Å²) in [6.07, 6.45) is 5.61. The van der Waals surface area contributed by atoms with Gasteiger partial charge in [-0.15, -0.1) is 0 Å². The molecule has 4 N–H and O–H groups in total. The largest absolute Gasteiger partial charge is 0.481 e. The van der Waals surface area contributed by atoms with E-state index < -0.39 is 35.7 Å². The Bertz CT molecular complexity index is 639. The molecular weight excluding hydrogens is 408 g/mol. The molecule has 9 nitrogen and oxygen atoms in total. The Morgan fingerprint density at radius 3 is 1.61 bits per heavy atom. The van der Waals surface area contributed by atoms with Crippen LogP contribution in [0.25, 0.3) is 0 Å². The van der Waals surface area contributed by atoms with Gasteiger partial charge in [-0.3, -0.25) is 9.59 Å². The van der Waals surface area contributed by atoms with Crippen molar-refractivity contribution in [2.75, 3.05) is 13.2 Å². The van der Waals surface area contributed by atoms with Crippen LogP contribution in [-0.4, -0.2) is 57.5 Å². The molecule has 0 heterocycles. The van der Waals surface area contributed by atoms with E-state index >= 15 is 0 Å². The fourth-order valence-electron chi connectivity index (χ4n) is 3.07. The van der Waals surface area contributed by atoms with Crippen molar-refractivity contribution < 1.29 is 44.3 Å². The molecule has 0 aromatic rings. The molecule has 0 spiro atoms. The smallest absolute Gasteiger partial charge is 0.331 e. The fourth-order valence-corrected chi connectivity index (χ4v) is 3.07. The van der Waals surface area contributed by atoms with Crippen molar-refractivity contribution >= 4 is 23.9 Å². The maximum atomic E-state index is 12.3. The number of carboxylic acid groups (broad SMARTS) is 3. The number of aliphatic carboxylic acids is 3. The van der Waals surface area contributed by atoms with E-state index in [9.17, 15) is 19.2 Å². The van der Waals surface area contributed by atoms with Gasteiger partial charge < -0.3 is 25.2 Å². The van der Waals surface area contributed by atoms with E-state index in [1.54, 1.807) is 0 Å². The van der Waals surface area contributed by atoms with Crippen molar-refractivity contribution in [2.24, 2.45) is 11.8 Å². The van der Waals surface area contributed by atoms with Crippen molar-refractivity contribution in [3.8, 4) is 0 Å². The first-order chi connectivity index (χ1) is 14.6. The quantitative estimate of drug-likeness (QED) is 0.134. The summed E-state index contributed by atoms with van der Waals surface area (Å²) in [5.74, 6) is -6.46. The molecule has 0 amide bonds. The average Bonchev–Trinajstić information content (AvgIpc) is 2.71. The third kappa shape index (κ3) is 11.9. The number of aliphatic hydroxyl groups is 1. The summed E-state index contributed by atoms with van der Waals surface area (Å²) in [6.45, 7) is 6.99. The van der Waals surface area contributed by atoms with Gasteiger partial charge in [0.1, 0.15) is 0 Å². The average molecular weight is 443 g/mol. The number of ether oxygens (including phenoxy) is 1. The lowest BCUT2D eigenvalue weighted by molar-refractivity contribution is -0.149. The normalized spacial score (nSPS) is 12.5. The summed E-state index contributed by atoms with van der Waals surface area (Å²) in [6, 6.07) is 0. The molecule has 0 unspecified atom stereocenters. The van der Waals surface area contributed by atoms with Crippen LogP contribution >= 0.6 is 0 Å². The summed E-state index contributed by atoms with van der Waals surface area (Å²) in [5, 5.41) is 35.9. The first-order valence-electron chi connectivity index (χ1n) is 10.5. The van der Waals surface area contributed by atoms with Gasteiger partial charge in [0.05, 0.1) is 18.4 Å². The molecule has 31 heavy (non-hydrogen) atoms. The number of aliphatic hydroxyl groups excluding tert-OH is 1. The third-order valence-corrected chi connectivity index (χ3v) is 5.01. The molecule has 176 valence electrons. The molecule has 0 radical (unpaired) electrons. The van der Waals surface area contributed by atoms with Crippen LogP contribution in [0.2, 0.25) is 0 Å². The Morgan fingerprint density at radius 2 is 1.13 bits per heavy atom. The van der Waals surface area contributed by atoms with Crippen LogP contribution in [-0.2, 0) is 23.9 Å². The zero-order chi connectivity index (χ0) is 23.8. The highest BCUT2D eigenvalue weighted by Crippen LogP contribution is 2.21. The molecule has 9 heteroatoms. The summed E-state index contributed by atoms with van der Waals surface area (Å²) in [7, 11) is 0. The minimum atomic E-state index is -1.33. The second-order valence-corrected chi connectivity index (χ2v) is 7.40. The van der Waals surface area contributed by atoms with Crippen molar-refractivity contribution in [1.82, 2.24) is 0 Å². The van der Waals surface area contributed by atoms with Crippen molar-refractivity contribution in [2.45, 2.75) is 64.2 Å². The Kier molecular flexibility index (Phi) is 14.7. The van der Waals surface area contributed by atoms with Gasteiger partial charge in [0.15, 0.2) is 0 Å². The Balaban J connectivity index is 4.29. The van der Waals surface area contributed by atoms with Gasteiger partial charge >= 0.3 is 23.9 Å². The third-order valence-electron chi connectivity index (χ3n) is 5.01. The fraction of sp³-hybridized carbons (Fsp3) is 0.636. The highest BCUT2D eigenvalue weighted by atomic mass is 16.5. The monoisotopic (exact) mass is 442 g/mol. The molecule has 0 aliphatic carbocycles. The topological polar surface area (TPSA) is 158 Å². The molecule has 0 saturated carbocycles. The molecule has 0 saturated heterocycles. The summed E-state index contributed by atoms with van der Waals surface area (Å²) in [4.78, 5) is 45.5. The summed E-state index contributed by atoms with van der Waals surface area (Å²) in [5.41, 5.74) is -0.548. The van der Waals surface area contributed by atoms with E-state index in [0.717, 1.165) is 12.8 Å². The van der Waals surface area contributed by atoms with Crippen molar-refractivity contribution in [3.05, 3.63) is 24.3 Å². The maximum Gasteiger partial charge on any atom is 0.331 e. The van der Waals surface area contributed by atoms with E-state index in [1.807, 2.05) is 0 Å². The van der Waals surface area contributed by atoms with Crippen LogP contribution in [0.3, 0.4) is 0 Å². The number of carbonyl (C=O) groups is 4. The highest BCUT2D eigenvalue weighted by molar-refractivity contribution is 5.94. The van der Waals surface area contributed by atoms with Gasteiger partial charge in [-0.25, -0.2) is 9.59 Å². The predicted octanol–water partition coefficient (Wildman–Crippen LogP) is 3.02. The van der Waals surface area contributed by atoms with E-state index in [1.165, 1.54) is 0 Å². The van der Waals surface area contributed by atoms with Crippen molar-refractivity contribution in [3.63, 3.8) is 0 Å². The zero-order valence-corrected chi connectivity index (χ0v) is 17.9. The van der Waals surface area contributed by atoms with E-state index in [0.29, 0.717) is 44.9 Å². The Hall–Kier alpha value is -2.68. The molecular formula is C22H34O9. The summed E-state index contributed by atoms with van der Waals surface area (Å²) < 4.78 is 5.20. The number of carbonyl (C=O) groups excluding carboxylic acids is 1. The number of carboxylic acids is 3. The van der Waals surface area contributed by atoms with E-state index in [4.69, 9.17) is 25.2 Å². The maximum absolute atomic E-state index is 12.3. The van der Waals surface area contributed by atoms with Gasteiger partial charge in [0.2, 0.25) is 0 Å².